The number of esters is 1. The summed E-state index contributed by atoms with van der Waals surface area (Å²) in [4.78, 5) is 12.4. The molecule has 2 atom stereocenters. The number of hydrogen-bond acceptors (Lipinski definition) is 7. The number of aromatic hydroxyl groups is 1. The molecule has 0 bridgehead atoms. The lowest BCUT2D eigenvalue weighted by Gasteiger charge is -2.26. The van der Waals surface area contributed by atoms with Gasteiger partial charge >= 0.3 is 5.97 Å². The molecule has 0 amide bonds. The molecule has 1 saturated heterocycles. The third-order valence-electron chi connectivity index (χ3n) is 5.83. The zero-order chi connectivity index (χ0) is 19.4. The highest BCUT2D eigenvalue weighted by atomic mass is 16.7. The van der Waals surface area contributed by atoms with E-state index in [1.54, 1.807) is 6.07 Å². The van der Waals surface area contributed by atoms with Crippen LogP contribution in [0.4, 0.5) is 0 Å². The average Bonchev–Trinajstić information content (AvgIpc) is 3.27. The Labute approximate surface area is 161 Å². The Hall–Kier alpha value is -3.09. The fourth-order valence-corrected chi connectivity index (χ4v) is 4.45. The van der Waals surface area contributed by atoms with Crippen molar-refractivity contribution in [2.75, 3.05) is 27.6 Å². The van der Waals surface area contributed by atoms with Gasteiger partial charge in [-0.25, -0.2) is 0 Å². The smallest absolute Gasteiger partial charge is 0.309 e. The van der Waals surface area contributed by atoms with Crippen LogP contribution in [-0.4, -0.2) is 38.7 Å². The second-order valence-electron chi connectivity index (χ2n) is 7.26. The average molecular weight is 384 g/mol. The van der Waals surface area contributed by atoms with E-state index in [2.05, 4.69) is 0 Å². The summed E-state index contributed by atoms with van der Waals surface area (Å²) in [5.41, 5.74) is 3.50. The predicted octanol–water partition coefficient (Wildman–Crippen LogP) is 2.69. The molecule has 2 aromatic rings. The minimum Gasteiger partial charge on any atom is -0.502 e. The molecule has 146 valence electrons. The molecule has 1 N–H and O–H groups in total. The lowest BCUT2D eigenvalue weighted by molar-refractivity contribution is -0.141. The molecule has 2 heterocycles. The number of phenolic OH excluding ortho intramolecular Hbond substituents is 1. The third kappa shape index (κ3) is 2.38. The number of phenols is 1. The Balaban J connectivity index is 1.81. The fraction of sp³-hybridized carbons (Fsp3) is 0.381. The molecule has 3 aliphatic rings. The maximum absolute atomic E-state index is 12.4. The van der Waals surface area contributed by atoms with E-state index in [0.717, 1.165) is 22.3 Å². The largest absolute Gasteiger partial charge is 0.502 e. The Morgan fingerprint density at radius 1 is 1.00 bits per heavy atom. The Bertz CT molecular complexity index is 981. The third-order valence-corrected chi connectivity index (χ3v) is 5.83. The van der Waals surface area contributed by atoms with Crippen LogP contribution in [0.15, 0.2) is 18.2 Å². The second kappa shape index (κ2) is 6.22. The molecule has 5 rings (SSSR count). The van der Waals surface area contributed by atoms with Gasteiger partial charge in [-0.05, 0) is 47.7 Å². The van der Waals surface area contributed by atoms with Crippen LogP contribution >= 0.6 is 0 Å². The Morgan fingerprint density at radius 2 is 1.79 bits per heavy atom. The molecule has 1 fully saturated rings. The van der Waals surface area contributed by atoms with Crippen molar-refractivity contribution < 1.29 is 33.6 Å². The summed E-state index contributed by atoms with van der Waals surface area (Å²) in [7, 11) is 3.00. The summed E-state index contributed by atoms with van der Waals surface area (Å²) in [6, 6.07) is 5.64. The maximum Gasteiger partial charge on any atom is 0.309 e. The van der Waals surface area contributed by atoms with E-state index in [1.807, 2.05) is 12.1 Å². The van der Waals surface area contributed by atoms with Gasteiger partial charge in [-0.1, -0.05) is 0 Å². The number of ether oxygens (including phenoxy) is 5. The van der Waals surface area contributed by atoms with E-state index in [1.165, 1.54) is 14.2 Å². The monoisotopic (exact) mass is 384 g/mol. The first-order valence-electron chi connectivity index (χ1n) is 9.17. The van der Waals surface area contributed by atoms with Crippen molar-refractivity contribution in [3.63, 3.8) is 0 Å². The number of cyclic esters (lactones) is 1. The van der Waals surface area contributed by atoms with Gasteiger partial charge in [-0.2, -0.15) is 0 Å². The molecule has 28 heavy (non-hydrogen) atoms. The summed E-state index contributed by atoms with van der Waals surface area (Å²) in [5.74, 6) is 1.52. The number of rotatable bonds is 2. The Morgan fingerprint density at radius 3 is 2.54 bits per heavy atom. The van der Waals surface area contributed by atoms with Gasteiger partial charge in [0.05, 0.1) is 26.7 Å². The van der Waals surface area contributed by atoms with Crippen LogP contribution < -0.4 is 18.9 Å². The van der Waals surface area contributed by atoms with E-state index in [4.69, 9.17) is 23.7 Å². The predicted molar refractivity (Wildman–Crippen MR) is 98.1 cm³/mol. The minimum atomic E-state index is -0.253. The van der Waals surface area contributed by atoms with Crippen molar-refractivity contribution in [3.8, 4) is 39.9 Å². The zero-order valence-electron chi connectivity index (χ0n) is 15.6. The van der Waals surface area contributed by atoms with Crippen molar-refractivity contribution in [2.45, 2.75) is 12.8 Å². The van der Waals surface area contributed by atoms with Crippen LogP contribution in [0.1, 0.15) is 11.1 Å². The first-order valence-corrected chi connectivity index (χ1v) is 9.17. The van der Waals surface area contributed by atoms with Gasteiger partial charge in [-0.15, -0.1) is 0 Å². The quantitative estimate of drug-likeness (QED) is 0.797. The lowest BCUT2D eigenvalue weighted by atomic mass is 9.77. The van der Waals surface area contributed by atoms with Crippen LogP contribution in [0.5, 0.6) is 28.7 Å². The molecule has 7 heteroatoms. The summed E-state index contributed by atoms with van der Waals surface area (Å²) >= 11 is 0. The summed E-state index contributed by atoms with van der Waals surface area (Å²) in [5, 5.41) is 10.7. The van der Waals surface area contributed by atoms with Crippen LogP contribution in [0.2, 0.25) is 0 Å². The molecule has 2 aromatic carbocycles. The maximum atomic E-state index is 12.4. The molecular formula is C21H20O7. The SMILES string of the molecule is COc1cc2c(c(OC)c1O)-c1cc3c(cc1C[C@H]1COC(=O)[C@H]1C2)OCO3. The second-order valence-corrected chi connectivity index (χ2v) is 7.26. The summed E-state index contributed by atoms with van der Waals surface area (Å²) in [6.45, 7) is 0.572. The standard InChI is InChI=1S/C21H20O7/c1-24-17-6-11-4-14-12(8-26-21(14)23)3-10-5-15-16(28-9-27-15)7-13(10)18(11)20(25-2)19(17)22/h5-7,12,14,22H,3-4,8-9H2,1-2H3/t12-,14-/m0/s1. The van der Waals surface area contributed by atoms with Crippen molar-refractivity contribution in [3.05, 3.63) is 29.3 Å². The lowest BCUT2D eigenvalue weighted by Crippen LogP contribution is -2.23. The fourth-order valence-electron chi connectivity index (χ4n) is 4.45. The highest BCUT2D eigenvalue weighted by molar-refractivity contribution is 5.85. The van der Waals surface area contributed by atoms with Gasteiger partial charge in [0.1, 0.15) is 0 Å². The van der Waals surface area contributed by atoms with Gasteiger partial charge in [0.15, 0.2) is 23.0 Å². The molecule has 7 nitrogen and oxygen atoms in total. The number of carbonyl (C=O) groups excluding carboxylic acids is 1. The van der Waals surface area contributed by atoms with Crippen LogP contribution in [-0.2, 0) is 22.4 Å². The van der Waals surface area contributed by atoms with Gasteiger partial charge < -0.3 is 28.8 Å². The van der Waals surface area contributed by atoms with Gasteiger partial charge in [-0.3, -0.25) is 4.79 Å². The Kier molecular flexibility index (Phi) is 3.79. The number of benzene rings is 2. The highest BCUT2D eigenvalue weighted by Gasteiger charge is 2.40. The molecule has 2 aliphatic heterocycles. The molecule has 0 spiro atoms. The molecule has 0 unspecified atom stereocenters. The molecular weight excluding hydrogens is 364 g/mol. The van der Waals surface area contributed by atoms with E-state index in [-0.39, 0.29) is 30.3 Å². The van der Waals surface area contributed by atoms with Crippen LogP contribution in [0.25, 0.3) is 11.1 Å². The van der Waals surface area contributed by atoms with E-state index in [9.17, 15) is 9.90 Å². The van der Waals surface area contributed by atoms with E-state index >= 15 is 0 Å². The highest BCUT2D eigenvalue weighted by Crippen LogP contribution is 2.52. The van der Waals surface area contributed by atoms with Crippen molar-refractivity contribution in [1.29, 1.82) is 0 Å². The van der Waals surface area contributed by atoms with E-state index < -0.39 is 0 Å². The van der Waals surface area contributed by atoms with Gasteiger partial charge in [0.2, 0.25) is 12.5 Å². The first kappa shape index (κ1) is 17.0. The molecule has 1 aliphatic carbocycles. The number of methoxy groups -OCH3 is 2. The van der Waals surface area contributed by atoms with E-state index in [0.29, 0.717) is 42.4 Å². The van der Waals surface area contributed by atoms with Crippen molar-refractivity contribution >= 4 is 5.97 Å². The zero-order valence-corrected chi connectivity index (χ0v) is 15.6. The van der Waals surface area contributed by atoms with Crippen molar-refractivity contribution in [1.82, 2.24) is 0 Å². The van der Waals surface area contributed by atoms with Gasteiger partial charge in [0.25, 0.3) is 0 Å². The summed E-state index contributed by atoms with van der Waals surface area (Å²) < 4.78 is 27.4. The molecule has 0 radical (unpaired) electrons. The number of hydrogen-bond donors (Lipinski definition) is 1. The normalized spacial score (nSPS) is 21.7. The summed E-state index contributed by atoms with van der Waals surface area (Å²) in [6.07, 6.45) is 1.15. The number of fused-ring (bicyclic) bond motifs is 5. The minimum absolute atomic E-state index is 0.0708. The topological polar surface area (TPSA) is 83.5 Å². The van der Waals surface area contributed by atoms with Crippen LogP contribution in [0, 0.1) is 11.8 Å². The van der Waals surface area contributed by atoms with Crippen LogP contribution in [0.3, 0.4) is 0 Å². The molecule has 0 saturated carbocycles. The number of carbonyl (C=O) groups is 1. The molecule has 0 aromatic heterocycles. The first-order chi connectivity index (χ1) is 13.6. The van der Waals surface area contributed by atoms with Gasteiger partial charge in [0, 0.05) is 11.5 Å². The van der Waals surface area contributed by atoms with Crippen molar-refractivity contribution in [2.24, 2.45) is 11.8 Å².